The van der Waals surface area contributed by atoms with Gasteiger partial charge in [-0.15, -0.1) is 0 Å². The number of rotatable bonds is 4. The molecule has 1 saturated carbocycles. The normalized spacial score (nSPS) is 20.6. The van der Waals surface area contributed by atoms with Crippen molar-refractivity contribution in [1.29, 1.82) is 0 Å². The van der Waals surface area contributed by atoms with Crippen LogP contribution in [-0.4, -0.2) is 30.0 Å². The molecule has 1 aliphatic rings. The first-order chi connectivity index (χ1) is 10.9. The molecule has 1 aliphatic carbocycles. The molecular formula is C16H20N2O5. The summed E-state index contributed by atoms with van der Waals surface area (Å²) < 4.78 is 4.58. The van der Waals surface area contributed by atoms with E-state index in [2.05, 4.69) is 17.0 Å². The Kier molecular flexibility index (Phi) is 5.31. The summed E-state index contributed by atoms with van der Waals surface area (Å²) in [5, 5.41) is 13.9. The van der Waals surface area contributed by atoms with Crippen molar-refractivity contribution in [2.45, 2.75) is 38.6 Å². The van der Waals surface area contributed by atoms with Gasteiger partial charge in [0.2, 0.25) is 0 Å². The van der Waals surface area contributed by atoms with E-state index < -0.39 is 16.8 Å². The van der Waals surface area contributed by atoms with Gasteiger partial charge < -0.3 is 10.1 Å². The zero-order valence-corrected chi connectivity index (χ0v) is 13.2. The van der Waals surface area contributed by atoms with E-state index in [9.17, 15) is 19.7 Å². The molecule has 2 rings (SSSR count). The van der Waals surface area contributed by atoms with Crippen molar-refractivity contribution < 1.29 is 19.2 Å². The third-order valence-corrected chi connectivity index (χ3v) is 4.24. The summed E-state index contributed by atoms with van der Waals surface area (Å²) in [7, 11) is 1.19. The van der Waals surface area contributed by atoms with Crippen LogP contribution in [0.15, 0.2) is 18.2 Å². The van der Waals surface area contributed by atoms with Gasteiger partial charge in [-0.25, -0.2) is 4.79 Å². The molecule has 7 nitrogen and oxygen atoms in total. The van der Waals surface area contributed by atoms with E-state index in [1.165, 1.54) is 19.2 Å². The fraction of sp³-hybridized carbons (Fsp3) is 0.500. The molecule has 0 spiro atoms. The third kappa shape index (κ3) is 4.06. The Bertz CT molecular complexity index is 629. The molecule has 1 aromatic carbocycles. The first-order valence-electron chi connectivity index (χ1n) is 7.61. The number of benzene rings is 1. The lowest BCUT2D eigenvalue weighted by Crippen LogP contribution is -2.41. The Morgan fingerprint density at radius 1 is 1.22 bits per heavy atom. The van der Waals surface area contributed by atoms with E-state index >= 15 is 0 Å². The number of nitro groups is 1. The number of amides is 1. The number of nitrogens with one attached hydrogen (secondary N) is 1. The first kappa shape index (κ1) is 16.9. The SMILES string of the molecule is COC(=O)c1cc(C(=O)N[C@@H]2CCCC[C@@H]2C)cc([N+](=O)[O-])c1. The second-order valence-electron chi connectivity index (χ2n) is 5.86. The van der Waals surface area contributed by atoms with Crippen molar-refractivity contribution in [3.05, 3.63) is 39.4 Å². The van der Waals surface area contributed by atoms with Gasteiger partial charge in [0, 0.05) is 23.7 Å². The molecule has 0 unspecified atom stereocenters. The van der Waals surface area contributed by atoms with Crippen LogP contribution in [0.4, 0.5) is 5.69 Å². The molecule has 0 saturated heterocycles. The highest BCUT2D eigenvalue weighted by Crippen LogP contribution is 2.24. The standard InChI is InChI=1S/C16H20N2O5/c1-10-5-3-4-6-14(10)17-15(19)11-7-12(16(20)23-2)9-13(8-11)18(21)22/h7-10,14H,3-6H2,1-2H3,(H,17,19)/t10-,14+/m0/s1. The summed E-state index contributed by atoms with van der Waals surface area (Å²) in [4.78, 5) is 34.4. The Morgan fingerprint density at radius 3 is 2.48 bits per heavy atom. The number of ether oxygens (including phenoxy) is 1. The molecule has 1 amide bonds. The number of carbonyl (C=O) groups is 2. The second kappa shape index (κ2) is 7.21. The average molecular weight is 320 g/mol. The maximum Gasteiger partial charge on any atom is 0.338 e. The number of hydrogen-bond donors (Lipinski definition) is 1. The van der Waals surface area contributed by atoms with Crippen LogP contribution < -0.4 is 5.32 Å². The molecule has 1 N–H and O–H groups in total. The van der Waals surface area contributed by atoms with Crippen molar-refractivity contribution in [3.8, 4) is 0 Å². The van der Waals surface area contributed by atoms with Gasteiger partial charge in [0.05, 0.1) is 17.6 Å². The predicted molar refractivity (Wildman–Crippen MR) is 83.3 cm³/mol. The lowest BCUT2D eigenvalue weighted by Gasteiger charge is -2.29. The minimum absolute atomic E-state index is 0.0106. The van der Waals surface area contributed by atoms with Crippen molar-refractivity contribution in [1.82, 2.24) is 5.32 Å². The molecule has 124 valence electrons. The van der Waals surface area contributed by atoms with Gasteiger partial charge in [0.15, 0.2) is 0 Å². The van der Waals surface area contributed by atoms with Gasteiger partial charge in [-0.05, 0) is 24.8 Å². The number of carbonyl (C=O) groups excluding carboxylic acids is 2. The first-order valence-corrected chi connectivity index (χ1v) is 7.61. The van der Waals surface area contributed by atoms with E-state index in [0.29, 0.717) is 5.92 Å². The quantitative estimate of drug-likeness (QED) is 0.522. The molecule has 0 heterocycles. The molecule has 1 fully saturated rings. The third-order valence-electron chi connectivity index (χ3n) is 4.24. The van der Waals surface area contributed by atoms with Crippen LogP contribution >= 0.6 is 0 Å². The molecule has 1 aromatic rings. The van der Waals surface area contributed by atoms with Crippen molar-refractivity contribution >= 4 is 17.6 Å². The van der Waals surface area contributed by atoms with Crippen LogP contribution in [0.25, 0.3) is 0 Å². The van der Waals surface area contributed by atoms with Crippen molar-refractivity contribution in [3.63, 3.8) is 0 Å². The van der Waals surface area contributed by atoms with Crippen LogP contribution in [0.3, 0.4) is 0 Å². The van der Waals surface area contributed by atoms with Crippen LogP contribution in [0.5, 0.6) is 0 Å². The van der Waals surface area contributed by atoms with Crippen molar-refractivity contribution in [2.24, 2.45) is 5.92 Å². The van der Waals surface area contributed by atoms with Crippen molar-refractivity contribution in [2.75, 3.05) is 7.11 Å². The lowest BCUT2D eigenvalue weighted by atomic mass is 9.86. The molecular weight excluding hydrogens is 300 g/mol. The maximum absolute atomic E-state index is 12.4. The zero-order chi connectivity index (χ0) is 17.0. The summed E-state index contributed by atoms with van der Waals surface area (Å²) in [6, 6.07) is 3.65. The molecule has 0 aromatic heterocycles. The van der Waals surface area contributed by atoms with Crippen LogP contribution in [0, 0.1) is 16.0 Å². The van der Waals surface area contributed by atoms with Gasteiger partial charge >= 0.3 is 5.97 Å². The average Bonchev–Trinajstić information content (AvgIpc) is 2.55. The number of methoxy groups -OCH3 is 1. The van der Waals surface area contributed by atoms with E-state index in [-0.39, 0.29) is 22.9 Å². The lowest BCUT2D eigenvalue weighted by molar-refractivity contribution is -0.384. The smallest absolute Gasteiger partial charge is 0.338 e. The Balaban J connectivity index is 2.26. The highest BCUT2D eigenvalue weighted by atomic mass is 16.6. The largest absolute Gasteiger partial charge is 0.465 e. The molecule has 0 bridgehead atoms. The summed E-state index contributed by atoms with van der Waals surface area (Å²) in [5.41, 5.74) is -0.226. The minimum Gasteiger partial charge on any atom is -0.465 e. The van der Waals surface area contributed by atoms with Gasteiger partial charge in [0.1, 0.15) is 0 Å². The Labute approximate surface area is 134 Å². The molecule has 23 heavy (non-hydrogen) atoms. The fourth-order valence-electron chi connectivity index (χ4n) is 2.87. The topological polar surface area (TPSA) is 98.5 Å². The van der Waals surface area contributed by atoms with E-state index in [1.807, 2.05) is 0 Å². The van der Waals surface area contributed by atoms with Gasteiger partial charge in [-0.1, -0.05) is 19.8 Å². The molecule has 0 aliphatic heterocycles. The summed E-state index contributed by atoms with van der Waals surface area (Å²) in [6.07, 6.45) is 4.15. The predicted octanol–water partition coefficient (Wildman–Crippen LogP) is 2.69. The minimum atomic E-state index is -0.714. The summed E-state index contributed by atoms with van der Waals surface area (Å²) in [5.74, 6) is -0.752. The second-order valence-corrected chi connectivity index (χ2v) is 5.86. The number of nitro benzene ring substituents is 1. The van der Waals surface area contributed by atoms with Gasteiger partial charge in [0.25, 0.3) is 11.6 Å². The Hall–Kier alpha value is -2.44. The van der Waals surface area contributed by atoms with E-state index in [0.717, 1.165) is 31.7 Å². The monoisotopic (exact) mass is 320 g/mol. The Morgan fingerprint density at radius 2 is 1.87 bits per heavy atom. The van der Waals surface area contributed by atoms with E-state index in [1.54, 1.807) is 0 Å². The van der Waals surface area contributed by atoms with Gasteiger partial charge in [-0.2, -0.15) is 0 Å². The summed E-state index contributed by atoms with van der Waals surface area (Å²) in [6.45, 7) is 2.08. The van der Waals surface area contributed by atoms with Gasteiger partial charge in [-0.3, -0.25) is 14.9 Å². The number of hydrogen-bond acceptors (Lipinski definition) is 5. The molecule has 0 radical (unpaired) electrons. The van der Waals surface area contributed by atoms with E-state index in [4.69, 9.17) is 0 Å². The summed E-state index contributed by atoms with van der Waals surface area (Å²) >= 11 is 0. The molecule has 7 heteroatoms. The zero-order valence-electron chi connectivity index (χ0n) is 13.2. The number of non-ortho nitro benzene ring substituents is 1. The van der Waals surface area contributed by atoms with Crippen LogP contribution in [0.2, 0.25) is 0 Å². The molecule has 2 atom stereocenters. The fourth-order valence-corrected chi connectivity index (χ4v) is 2.87. The number of esters is 1. The number of nitrogens with zero attached hydrogens (tertiary/aromatic N) is 1. The highest BCUT2D eigenvalue weighted by molar-refractivity contribution is 5.99. The maximum atomic E-state index is 12.4. The highest BCUT2D eigenvalue weighted by Gasteiger charge is 2.25. The van der Waals surface area contributed by atoms with Crippen LogP contribution in [0.1, 0.15) is 53.3 Å². The van der Waals surface area contributed by atoms with Crippen LogP contribution in [-0.2, 0) is 4.74 Å².